The number of hydrogen-bond acceptors (Lipinski definition) is 4. The maximum Gasteiger partial charge on any atom is 0.223 e. The van der Waals surface area contributed by atoms with Crippen LogP contribution in [0.25, 0.3) is 16.7 Å². The molecule has 0 bridgehead atoms. The van der Waals surface area contributed by atoms with E-state index in [1.807, 2.05) is 19.1 Å². The van der Waals surface area contributed by atoms with E-state index >= 15 is 0 Å². The van der Waals surface area contributed by atoms with Crippen molar-refractivity contribution in [2.45, 2.75) is 20.3 Å². The van der Waals surface area contributed by atoms with Crippen LogP contribution in [0, 0.1) is 18.3 Å². The molecule has 1 N–H and O–H groups in total. The minimum Gasteiger partial charge on any atom is -0.436 e. The Morgan fingerprint density at radius 3 is 2.96 bits per heavy atom. The number of nitrogens with one attached hydrogen (secondary N) is 1. The molecule has 0 atom stereocenters. The Labute approximate surface area is 136 Å². The zero-order chi connectivity index (χ0) is 16.7. The monoisotopic (exact) mass is 307 g/mol. The van der Waals surface area contributed by atoms with Gasteiger partial charge in [0.15, 0.2) is 5.58 Å². The second-order valence-corrected chi connectivity index (χ2v) is 5.18. The van der Waals surface area contributed by atoms with Crippen molar-refractivity contribution >= 4 is 16.7 Å². The van der Waals surface area contributed by atoms with Crippen molar-refractivity contribution in [3.8, 4) is 6.07 Å². The Morgan fingerprint density at radius 1 is 1.43 bits per heavy atom. The summed E-state index contributed by atoms with van der Waals surface area (Å²) in [6.07, 6.45) is 8.52. The highest BCUT2D eigenvalue weighted by Crippen LogP contribution is 2.26. The summed E-state index contributed by atoms with van der Waals surface area (Å²) in [7, 11) is 0. The van der Waals surface area contributed by atoms with Gasteiger partial charge >= 0.3 is 0 Å². The molecule has 2 aromatic rings. The summed E-state index contributed by atoms with van der Waals surface area (Å²) in [5.41, 5.74) is 3.91. The minimum absolute atomic E-state index is 0.575. The predicted molar refractivity (Wildman–Crippen MR) is 93.9 cm³/mol. The summed E-state index contributed by atoms with van der Waals surface area (Å²) in [6, 6.07) is 5.71. The average Bonchev–Trinajstić information content (AvgIpc) is 2.98. The molecule has 0 amide bonds. The van der Waals surface area contributed by atoms with Crippen LogP contribution in [0.2, 0.25) is 0 Å². The SMILES string of the molecule is C=C/C=C(\C/C=C\CNCC)c1nc2cc(C#N)cc(C)c2o1. The molecule has 23 heavy (non-hydrogen) atoms. The maximum atomic E-state index is 9.06. The van der Waals surface area contributed by atoms with Crippen molar-refractivity contribution in [3.63, 3.8) is 0 Å². The van der Waals surface area contributed by atoms with Crippen LogP contribution in [0.1, 0.15) is 30.4 Å². The minimum atomic E-state index is 0.575. The van der Waals surface area contributed by atoms with Gasteiger partial charge in [0.05, 0.1) is 11.6 Å². The lowest BCUT2D eigenvalue weighted by atomic mass is 10.1. The van der Waals surface area contributed by atoms with Crippen LogP contribution >= 0.6 is 0 Å². The lowest BCUT2D eigenvalue weighted by Gasteiger charge is -1.98. The molecular formula is C19H21N3O. The van der Waals surface area contributed by atoms with E-state index < -0.39 is 0 Å². The lowest BCUT2D eigenvalue weighted by molar-refractivity contribution is 0.580. The Bertz CT molecular complexity index is 791. The van der Waals surface area contributed by atoms with E-state index in [1.165, 1.54) is 0 Å². The Kier molecular flexibility index (Phi) is 5.90. The first-order chi connectivity index (χ1) is 11.2. The largest absolute Gasteiger partial charge is 0.436 e. The quantitative estimate of drug-likeness (QED) is 0.474. The smallest absolute Gasteiger partial charge is 0.223 e. The van der Waals surface area contributed by atoms with Gasteiger partial charge in [-0.25, -0.2) is 4.98 Å². The molecule has 0 aliphatic heterocycles. The van der Waals surface area contributed by atoms with E-state index in [0.717, 1.165) is 29.8 Å². The third kappa shape index (κ3) is 4.18. The summed E-state index contributed by atoms with van der Waals surface area (Å²) in [5, 5.41) is 12.3. The van der Waals surface area contributed by atoms with Gasteiger partial charge in [-0.1, -0.05) is 37.8 Å². The maximum absolute atomic E-state index is 9.06. The molecule has 0 saturated heterocycles. The number of oxazole rings is 1. The number of aryl methyl sites for hydroxylation is 1. The van der Waals surface area contributed by atoms with Gasteiger partial charge in [0.25, 0.3) is 0 Å². The Hall–Kier alpha value is -2.64. The highest BCUT2D eigenvalue weighted by atomic mass is 16.3. The van der Waals surface area contributed by atoms with E-state index in [1.54, 1.807) is 12.1 Å². The Balaban J connectivity index is 2.29. The van der Waals surface area contributed by atoms with Crippen molar-refractivity contribution < 1.29 is 4.42 Å². The summed E-state index contributed by atoms with van der Waals surface area (Å²) in [4.78, 5) is 4.53. The third-order valence-electron chi connectivity index (χ3n) is 3.42. The van der Waals surface area contributed by atoms with Crippen LogP contribution in [0.15, 0.2) is 47.4 Å². The van der Waals surface area contributed by atoms with Crippen LogP contribution in [0.4, 0.5) is 0 Å². The molecule has 0 radical (unpaired) electrons. The van der Waals surface area contributed by atoms with E-state index in [-0.39, 0.29) is 0 Å². The van der Waals surface area contributed by atoms with E-state index in [2.05, 4.69) is 42.0 Å². The third-order valence-corrected chi connectivity index (χ3v) is 3.42. The van der Waals surface area contributed by atoms with E-state index in [4.69, 9.17) is 9.68 Å². The molecule has 1 aromatic heterocycles. The van der Waals surface area contributed by atoms with Crippen LogP contribution in [0.5, 0.6) is 0 Å². The molecule has 0 aliphatic rings. The standard InChI is InChI=1S/C19H21N3O/c1-4-8-16(9-6-7-10-21-5-2)19-22-17-12-15(13-20)11-14(3)18(17)23-19/h4,6-8,11-12,21H,1,5,9-10H2,2-3H3/b7-6-,16-8+. The van der Waals surface area contributed by atoms with Crippen LogP contribution in [0.3, 0.4) is 0 Å². The number of benzene rings is 1. The van der Waals surface area contributed by atoms with E-state index in [0.29, 0.717) is 23.4 Å². The fraction of sp³-hybridized carbons (Fsp3) is 0.263. The highest BCUT2D eigenvalue weighted by molar-refractivity contribution is 5.80. The molecule has 0 spiro atoms. The second-order valence-electron chi connectivity index (χ2n) is 5.18. The van der Waals surface area contributed by atoms with Crippen molar-refractivity contribution in [2.24, 2.45) is 0 Å². The molecule has 0 aliphatic carbocycles. The zero-order valence-corrected chi connectivity index (χ0v) is 13.6. The van der Waals surface area contributed by atoms with Crippen molar-refractivity contribution in [3.05, 3.63) is 60.0 Å². The number of aromatic nitrogens is 1. The summed E-state index contributed by atoms with van der Waals surface area (Å²) < 4.78 is 5.91. The van der Waals surface area contributed by atoms with Gasteiger partial charge in [-0.15, -0.1) is 0 Å². The summed E-state index contributed by atoms with van der Waals surface area (Å²) in [6.45, 7) is 9.55. The summed E-state index contributed by atoms with van der Waals surface area (Å²) >= 11 is 0. The van der Waals surface area contributed by atoms with E-state index in [9.17, 15) is 0 Å². The molecule has 0 saturated carbocycles. The van der Waals surface area contributed by atoms with Gasteiger partial charge < -0.3 is 9.73 Å². The second kappa shape index (κ2) is 8.11. The first kappa shape index (κ1) is 16.7. The Morgan fingerprint density at radius 2 is 2.26 bits per heavy atom. The lowest BCUT2D eigenvalue weighted by Crippen LogP contribution is -2.11. The molecule has 4 heteroatoms. The fourth-order valence-corrected chi connectivity index (χ4v) is 2.29. The number of fused-ring (bicyclic) bond motifs is 1. The topological polar surface area (TPSA) is 61.9 Å². The van der Waals surface area contributed by atoms with Gasteiger partial charge in [-0.3, -0.25) is 0 Å². The van der Waals surface area contributed by atoms with Crippen molar-refractivity contribution in [2.75, 3.05) is 13.1 Å². The first-order valence-corrected chi connectivity index (χ1v) is 7.68. The number of likely N-dealkylation sites (N-methyl/N-ethyl adjacent to an activating group) is 1. The van der Waals surface area contributed by atoms with Crippen LogP contribution < -0.4 is 5.32 Å². The molecule has 1 aromatic carbocycles. The van der Waals surface area contributed by atoms with Crippen molar-refractivity contribution in [1.29, 1.82) is 5.26 Å². The average molecular weight is 307 g/mol. The molecule has 118 valence electrons. The van der Waals surface area contributed by atoms with Gasteiger partial charge in [0, 0.05) is 12.1 Å². The number of hydrogen-bond donors (Lipinski definition) is 1. The van der Waals surface area contributed by atoms with Crippen molar-refractivity contribution in [1.82, 2.24) is 10.3 Å². The molecule has 0 fully saturated rings. The van der Waals surface area contributed by atoms with Gasteiger partial charge in [-0.05, 0) is 37.6 Å². The molecule has 4 nitrogen and oxygen atoms in total. The highest BCUT2D eigenvalue weighted by Gasteiger charge is 2.12. The molecular weight excluding hydrogens is 286 g/mol. The normalized spacial score (nSPS) is 12.0. The predicted octanol–water partition coefficient (Wildman–Crippen LogP) is 4.13. The van der Waals surface area contributed by atoms with Crippen LogP contribution in [-0.2, 0) is 0 Å². The molecule has 1 heterocycles. The van der Waals surface area contributed by atoms with Gasteiger partial charge in [0.2, 0.25) is 5.89 Å². The van der Waals surface area contributed by atoms with Crippen LogP contribution in [-0.4, -0.2) is 18.1 Å². The number of allylic oxidation sites excluding steroid dienone is 4. The number of nitriles is 1. The fourth-order valence-electron chi connectivity index (χ4n) is 2.29. The summed E-state index contributed by atoms with van der Waals surface area (Å²) in [5.74, 6) is 0.575. The molecule has 0 unspecified atom stereocenters. The first-order valence-electron chi connectivity index (χ1n) is 7.68. The van der Waals surface area contributed by atoms with Gasteiger partial charge in [0.1, 0.15) is 5.52 Å². The number of rotatable bonds is 7. The van der Waals surface area contributed by atoms with Gasteiger partial charge in [-0.2, -0.15) is 5.26 Å². The number of nitrogens with zero attached hydrogens (tertiary/aromatic N) is 2. The molecule has 2 rings (SSSR count). The zero-order valence-electron chi connectivity index (χ0n) is 13.6.